The van der Waals surface area contributed by atoms with Crippen molar-refractivity contribution in [2.24, 2.45) is 0 Å². The Labute approximate surface area is 209 Å². The molecule has 4 rings (SSSR count). The maximum absolute atomic E-state index is 13.1. The topological polar surface area (TPSA) is 87.7 Å². The third kappa shape index (κ3) is 6.15. The summed E-state index contributed by atoms with van der Waals surface area (Å²) in [6.45, 7) is 0.0299. The van der Waals surface area contributed by atoms with Gasteiger partial charge in [-0.15, -0.1) is 0 Å². The van der Waals surface area contributed by atoms with E-state index in [1.165, 1.54) is 19.2 Å². The molecule has 0 atom stereocenters. The number of anilines is 4. The highest BCUT2D eigenvalue weighted by molar-refractivity contribution is 6.06. The lowest BCUT2D eigenvalue weighted by Gasteiger charge is -2.24. The normalized spacial score (nSPS) is 10.2. The van der Waals surface area contributed by atoms with Crippen molar-refractivity contribution in [3.05, 3.63) is 120 Å². The van der Waals surface area contributed by atoms with Gasteiger partial charge in [-0.1, -0.05) is 54.6 Å². The lowest BCUT2D eigenvalue weighted by molar-refractivity contribution is -0.114. The summed E-state index contributed by atoms with van der Waals surface area (Å²) in [4.78, 5) is 39.9. The lowest BCUT2D eigenvalue weighted by atomic mass is 10.1. The standard InChI is InChI=1S/C29H25N3O4/c1-36-29(35)22-17-23(19-24(18-22)31-28(34)21-11-5-2-6-12-21)30-27(33)20-32(25-13-7-3-8-14-25)26-15-9-4-10-16-26/h2-19H,20H2,1H3,(H,30,33)(H,31,34). The predicted octanol–water partition coefficient (Wildman–Crippen LogP) is 5.50. The van der Waals surface area contributed by atoms with Crippen molar-refractivity contribution >= 4 is 40.5 Å². The average molecular weight is 480 g/mol. The Morgan fingerprint density at radius 3 is 1.69 bits per heavy atom. The first-order chi connectivity index (χ1) is 17.5. The summed E-state index contributed by atoms with van der Waals surface area (Å²) in [5.74, 6) is -1.23. The van der Waals surface area contributed by atoms with Crippen molar-refractivity contribution in [1.82, 2.24) is 0 Å². The number of methoxy groups -OCH3 is 1. The monoisotopic (exact) mass is 479 g/mol. The van der Waals surface area contributed by atoms with Gasteiger partial charge in [0.15, 0.2) is 0 Å². The van der Waals surface area contributed by atoms with Gasteiger partial charge in [-0.25, -0.2) is 4.79 Å². The Bertz CT molecular complexity index is 1300. The van der Waals surface area contributed by atoms with Crippen molar-refractivity contribution in [1.29, 1.82) is 0 Å². The van der Waals surface area contributed by atoms with Crippen LogP contribution in [0, 0.1) is 0 Å². The van der Waals surface area contributed by atoms with E-state index in [-0.39, 0.29) is 23.9 Å². The molecule has 0 aliphatic heterocycles. The van der Waals surface area contributed by atoms with Gasteiger partial charge < -0.3 is 20.3 Å². The number of hydrogen-bond acceptors (Lipinski definition) is 5. The molecule has 36 heavy (non-hydrogen) atoms. The van der Waals surface area contributed by atoms with E-state index in [2.05, 4.69) is 10.6 Å². The van der Waals surface area contributed by atoms with Gasteiger partial charge in [0, 0.05) is 28.3 Å². The minimum absolute atomic E-state index is 0.0299. The summed E-state index contributed by atoms with van der Waals surface area (Å²) >= 11 is 0. The van der Waals surface area contributed by atoms with Crippen LogP contribution in [-0.4, -0.2) is 31.4 Å². The van der Waals surface area contributed by atoms with Gasteiger partial charge in [0.05, 0.1) is 12.7 Å². The summed E-state index contributed by atoms with van der Waals surface area (Å²) < 4.78 is 4.85. The average Bonchev–Trinajstić information content (AvgIpc) is 2.92. The molecular formula is C29H25N3O4. The van der Waals surface area contributed by atoms with Crippen LogP contribution in [0.3, 0.4) is 0 Å². The first kappa shape index (κ1) is 24.2. The van der Waals surface area contributed by atoms with Crippen molar-refractivity contribution in [2.75, 3.05) is 29.2 Å². The quantitative estimate of drug-likeness (QED) is 0.326. The molecule has 0 radical (unpaired) electrons. The molecule has 0 aliphatic carbocycles. The summed E-state index contributed by atoms with van der Waals surface area (Å²) in [6, 6.07) is 32.5. The first-order valence-electron chi connectivity index (χ1n) is 11.3. The summed E-state index contributed by atoms with van der Waals surface area (Å²) in [5, 5.41) is 5.62. The zero-order valence-electron chi connectivity index (χ0n) is 19.7. The van der Waals surface area contributed by atoms with Crippen LogP contribution in [0.25, 0.3) is 0 Å². The number of rotatable bonds is 8. The number of esters is 1. The maximum atomic E-state index is 13.1. The van der Waals surface area contributed by atoms with E-state index in [1.54, 1.807) is 30.3 Å². The molecule has 4 aromatic carbocycles. The van der Waals surface area contributed by atoms with Gasteiger partial charge in [0.2, 0.25) is 5.91 Å². The number of carbonyl (C=O) groups is 3. The van der Waals surface area contributed by atoms with Crippen molar-refractivity contribution in [3.63, 3.8) is 0 Å². The molecule has 180 valence electrons. The Balaban J connectivity index is 1.57. The molecule has 0 spiro atoms. The molecule has 0 aliphatic rings. The van der Waals surface area contributed by atoms with Gasteiger partial charge in [-0.05, 0) is 54.6 Å². The minimum atomic E-state index is -0.587. The van der Waals surface area contributed by atoms with E-state index in [0.29, 0.717) is 16.9 Å². The van der Waals surface area contributed by atoms with Crippen LogP contribution in [0.5, 0.6) is 0 Å². The van der Waals surface area contributed by atoms with Gasteiger partial charge >= 0.3 is 5.97 Å². The third-order valence-electron chi connectivity index (χ3n) is 5.37. The number of hydrogen-bond donors (Lipinski definition) is 2. The van der Waals surface area contributed by atoms with E-state index in [1.807, 2.05) is 71.6 Å². The van der Waals surface area contributed by atoms with E-state index >= 15 is 0 Å². The number of carbonyl (C=O) groups excluding carboxylic acids is 3. The summed E-state index contributed by atoms with van der Waals surface area (Å²) in [5.41, 5.74) is 3.09. The SMILES string of the molecule is COC(=O)c1cc(NC(=O)CN(c2ccccc2)c2ccccc2)cc(NC(=O)c2ccccc2)c1. The fourth-order valence-corrected chi connectivity index (χ4v) is 3.69. The largest absolute Gasteiger partial charge is 0.465 e. The van der Waals surface area contributed by atoms with Gasteiger partial charge in [0.1, 0.15) is 6.54 Å². The zero-order valence-corrected chi connectivity index (χ0v) is 19.7. The molecule has 2 N–H and O–H groups in total. The fraction of sp³-hybridized carbons (Fsp3) is 0.0690. The zero-order chi connectivity index (χ0) is 25.3. The number of amides is 2. The fourth-order valence-electron chi connectivity index (χ4n) is 3.69. The van der Waals surface area contributed by atoms with Crippen molar-refractivity contribution in [3.8, 4) is 0 Å². The van der Waals surface area contributed by atoms with E-state index < -0.39 is 5.97 Å². The van der Waals surface area contributed by atoms with E-state index in [4.69, 9.17) is 4.74 Å². The maximum Gasteiger partial charge on any atom is 0.337 e. The van der Waals surface area contributed by atoms with Crippen LogP contribution in [0.2, 0.25) is 0 Å². The minimum Gasteiger partial charge on any atom is -0.465 e. The molecular weight excluding hydrogens is 454 g/mol. The molecule has 0 fully saturated rings. The number of nitrogens with zero attached hydrogens (tertiary/aromatic N) is 1. The smallest absolute Gasteiger partial charge is 0.337 e. The van der Waals surface area contributed by atoms with Crippen molar-refractivity contribution in [2.45, 2.75) is 0 Å². The molecule has 0 saturated heterocycles. The van der Waals surface area contributed by atoms with Crippen LogP contribution >= 0.6 is 0 Å². The second-order valence-electron chi connectivity index (χ2n) is 7.92. The molecule has 0 saturated carbocycles. The van der Waals surface area contributed by atoms with Gasteiger partial charge in [-0.3, -0.25) is 9.59 Å². The Kier molecular flexibility index (Phi) is 7.73. The van der Waals surface area contributed by atoms with Gasteiger partial charge in [0.25, 0.3) is 5.91 Å². The Hall–Kier alpha value is -4.91. The number of ether oxygens (including phenoxy) is 1. The van der Waals surface area contributed by atoms with Crippen LogP contribution in [0.15, 0.2) is 109 Å². The Morgan fingerprint density at radius 2 is 1.17 bits per heavy atom. The first-order valence-corrected chi connectivity index (χ1v) is 11.3. The van der Waals surface area contributed by atoms with E-state index in [9.17, 15) is 14.4 Å². The van der Waals surface area contributed by atoms with Crippen LogP contribution < -0.4 is 15.5 Å². The number of nitrogens with one attached hydrogen (secondary N) is 2. The van der Waals surface area contributed by atoms with Crippen LogP contribution in [0.1, 0.15) is 20.7 Å². The van der Waals surface area contributed by atoms with E-state index in [0.717, 1.165) is 11.4 Å². The second kappa shape index (κ2) is 11.5. The highest BCUT2D eigenvalue weighted by Gasteiger charge is 2.16. The summed E-state index contributed by atoms with van der Waals surface area (Å²) in [7, 11) is 1.27. The molecule has 0 bridgehead atoms. The molecule has 0 unspecified atom stereocenters. The van der Waals surface area contributed by atoms with Crippen molar-refractivity contribution < 1.29 is 19.1 Å². The molecule has 4 aromatic rings. The molecule has 0 aromatic heterocycles. The number of para-hydroxylation sites is 2. The predicted molar refractivity (Wildman–Crippen MR) is 141 cm³/mol. The van der Waals surface area contributed by atoms with Gasteiger partial charge in [-0.2, -0.15) is 0 Å². The van der Waals surface area contributed by atoms with Crippen LogP contribution in [-0.2, 0) is 9.53 Å². The Morgan fingerprint density at radius 1 is 0.667 bits per heavy atom. The highest BCUT2D eigenvalue weighted by atomic mass is 16.5. The molecule has 0 heterocycles. The second-order valence-corrected chi connectivity index (χ2v) is 7.92. The molecule has 2 amide bonds. The molecule has 7 nitrogen and oxygen atoms in total. The number of benzene rings is 4. The van der Waals surface area contributed by atoms with Crippen LogP contribution in [0.4, 0.5) is 22.7 Å². The third-order valence-corrected chi connectivity index (χ3v) is 5.37. The summed E-state index contributed by atoms with van der Waals surface area (Å²) in [6.07, 6.45) is 0. The lowest BCUT2D eigenvalue weighted by Crippen LogP contribution is -2.29. The highest BCUT2D eigenvalue weighted by Crippen LogP contribution is 2.25. The molecule has 7 heteroatoms.